The number of rotatable bonds is 26. The fourth-order valence-corrected chi connectivity index (χ4v) is 18.6. The van der Waals surface area contributed by atoms with Gasteiger partial charge in [-0.25, -0.2) is 9.59 Å². The minimum absolute atomic E-state index is 0.0765. The largest absolute Gasteiger partial charge is 0.508 e. The molecule has 0 aromatic heterocycles. The first kappa shape index (κ1) is 78.2. The van der Waals surface area contributed by atoms with Gasteiger partial charge >= 0.3 is 11.9 Å². The highest BCUT2D eigenvalue weighted by Crippen LogP contribution is 2.42. The number of carbonyl (C=O) groups is 4. The normalized spacial score (nSPS) is 13.1. The second kappa shape index (κ2) is 32.0. The van der Waals surface area contributed by atoms with Crippen molar-refractivity contribution in [3.8, 4) is 34.5 Å². The van der Waals surface area contributed by atoms with E-state index in [2.05, 4.69) is 10.6 Å². The summed E-state index contributed by atoms with van der Waals surface area (Å²) in [5, 5.41) is 47.4. The Hall–Kier alpha value is -7.14. The smallest absolute Gasteiger partial charge is 0.341 e. The first-order valence-corrected chi connectivity index (χ1v) is 41.6. The van der Waals surface area contributed by atoms with E-state index < -0.39 is 280 Å². The monoisotopic (exact) mass is 1560 g/mol. The highest BCUT2D eigenvalue weighted by molar-refractivity contribution is 8.76. The lowest BCUT2D eigenvalue weighted by Crippen LogP contribution is -2.30. The Morgan fingerprint density at radius 3 is 0.704 bits per heavy atom. The highest BCUT2D eigenvalue weighted by Gasteiger charge is 2.35. The average molecular weight is 1560 g/mol. The summed E-state index contributed by atoms with van der Waals surface area (Å²) >= 11 is 0. The van der Waals surface area contributed by atoms with Gasteiger partial charge in [0, 0.05) is 63.1 Å². The van der Waals surface area contributed by atoms with Crippen LogP contribution in [0.3, 0.4) is 0 Å². The van der Waals surface area contributed by atoms with Crippen molar-refractivity contribution in [2.45, 2.75) is 67.9 Å². The lowest BCUT2D eigenvalue weighted by atomic mass is 9.92. The van der Waals surface area contributed by atoms with Crippen LogP contribution in [0.4, 0.5) is 0 Å². The van der Waals surface area contributed by atoms with Crippen molar-refractivity contribution in [3.05, 3.63) is 140 Å². The molecule has 0 heterocycles. The molecule has 0 atom stereocenters. The van der Waals surface area contributed by atoms with Crippen molar-refractivity contribution in [2.24, 2.45) is 0 Å². The number of ether oxygens (including phenoxy) is 4. The fraction of sp³-hybridized carbons (Fsp3) is 0.286. The van der Waals surface area contributed by atoms with Gasteiger partial charge in [-0.05, 0) is 152 Å². The zero-order valence-electron chi connectivity index (χ0n) is 50.5. The van der Waals surface area contributed by atoms with Gasteiger partial charge in [0.2, 0.25) is 0 Å². The molecule has 6 aromatic carbocycles. The van der Waals surface area contributed by atoms with E-state index in [1.54, 1.807) is 12.5 Å². The zero-order valence-corrected chi connectivity index (χ0v) is 58.7. The SMILES string of the molecule is CSSCCNC(=O)COc1cc2c(S(=O)(=O)O)c(c1)Cc1cc(OCC(=O)O)cc(c1S(=O)(=O)O)Cc1cc(O)cc(c1S(=O)(=O)O)Cc1cc(OCC(=O)NCCSSC)cc(c1S(=O)(=O)O)Cc1cc(OCC(=O)O)cc(c1S(=O)(=O)O)Cc1cc(O)cc(c1S(=O)(=O)O)C2. The Bertz CT molecular complexity index is 4570. The molecule has 532 valence electrons. The molecule has 12 bridgehead atoms. The summed E-state index contributed by atoms with van der Waals surface area (Å²) in [5.41, 5.74) is -9.97. The maximum atomic E-state index is 14.0. The van der Waals surface area contributed by atoms with Crippen molar-refractivity contribution in [2.75, 3.05) is 63.5 Å². The molecule has 32 nitrogen and oxygen atoms in total. The Balaban J connectivity index is 1.69. The van der Waals surface area contributed by atoms with Gasteiger partial charge in [0.1, 0.15) is 63.9 Å². The lowest BCUT2D eigenvalue weighted by molar-refractivity contribution is -0.140. The van der Waals surface area contributed by atoms with E-state index in [0.29, 0.717) is 47.9 Å². The molecule has 1 aliphatic carbocycles. The quantitative estimate of drug-likeness (QED) is 0.0203. The van der Waals surface area contributed by atoms with Crippen LogP contribution in [0.25, 0.3) is 0 Å². The van der Waals surface area contributed by atoms with E-state index in [1.807, 2.05) is 0 Å². The van der Waals surface area contributed by atoms with E-state index in [-0.39, 0.29) is 13.1 Å². The first-order valence-electron chi connectivity index (χ1n) is 27.5. The third-order valence-corrected chi connectivity index (χ3v) is 23.7. The molecular weight excluding hydrogens is 1500 g/mol. The average Bonchev–Trinajstić information content (AvgIpc) is 0.763. The molecule has 42 heteroatoms. The molecule has 12 N–H and O–H groups in total. The summed E-state index contributed by atoms with van der Waals surface area (Å²) < 4.78 is 257. The lowest BCUT2D eigenvalue weighted by Gasteiger charge is -2.22. The number of hydrogen-bond acceptors (Lipinski definition) is 26. The third-order valence-electron chi connectivity index (χ3n) is 13.9. The number of benzene rings is 6. The number of hydrogen-bond donors (Lipinski definition) is 12. The molecule has 0 radical (unpaired) electrons. The van der Waals surface area contributed by atoms with E-state index in [9.17, 15) is 117 Å². The van der Waals surface area contributed by atoms with Crippen molar-refractivity contribution in [1.29, 1.82) is 0 Å². The molecule has 0 aliphatic heterocycles. The number of phenolic OH excluding ortho intramolecular Hbond substituents is 2. The summed E-state index contributed by atoms with van der Waals surface area (Å²) in [6.45, 7) is -4.14. The molecule has 0 unspecified atom stereocenters. The number of phenols is 2. The topological polar surface area (TPSA) is 536 Å². The Morgan fingerprint density at radius 2 is 0.531 bits per heavy atom. The minimum Gasteiger partial charge on any atom is -0.508 e. The minimum atomic E-state index is -5.84. The molecule has 1 aliphatic rings. The molecule has 6 aromatic rings. The molecule has 0 saturated carbocycles. The predicted octanol–water partition coefficient (Wildman–Crippen LogP) is 4.38. The number of aromatic hydroxyl groups is 2. The second-order valence-electron chi connectivity index (χ2n) is 21.0. The van der Waals surface area contributed by atoms with Gasteiger partial charge in [0.15, 0.2) is 26.4 Å². The summed E-state index contributed by atoms with van der Waals surface area (Å²) in [7, 11) is -29.6. The number of aliphatic carboxylic acids is 2. The summed E-state index contributed by atoms with van der Waals surface area (Å²) in [6.07, 6.45) is -3.93. The first-order chi connectivity index (χ1) is 45.5. The number of amides is 2. The van der Waals surface area contributed by atoms with Gasteiger partial charge in [-0.1, -0.05) is 43.2 Å². The van der Waals surface area contributed by atoms with Gasteiger partial charge in [0.05, 0.1) is 0 Å². The molecule has 98 heavy (non-hydrogen) atoms. The number of carboxylic acid groups (broad SMARTS) is 2. The maximum absolute atomic E-state index is 14.0. The van der Waals surface area contributed by atoms with Crippen LogP contribution in [-0.2, 0) is 118 Å². The molecular formula is C56H58N2O30S10. The standard InChI is InChI=1S/C56H58N2O30S10/c1-89-91-5-3-57-47(61)25-85-43-17-33-7-29-13-41(59)15-31(51(29)93(67,68)69)9-36-22-46(88-28-50(65)66)24-40(56(36)98(82,83)84)12-38-20-44(86-26-48(62)58-4-6-92-90-2)18-34(54(38)96(76,77)78)8-30-14-42(60)16-32(52(30)94(70,71)72)10-35-21-45(87-27-49(63)64)23-39(55(35)97(79,80)81)11-37(19-43)53(33)95(73,74)75/h13-24,59-60H,3-12,25-28H2,1-2H3,(H,57,61)(H,58,62)(H,63,64)(H,65,66)(H,67,68,69)(H,70,71,72)(H,73,74,75)(H,76,77,78)(H,79,80,81)(H,82,83,84). The van der Waals surface area contributed by atoms with Crippen molar-refractivity contribution >= 4 is 128 Å². The second-order valence-corrected chi connectivity index (χ2v) is 34.5. The third kappa shape index (κ3) is 21.0. The fourth-order valence-electron chi connectivity index (χ4n) is 10.8. The highest BCUT2D eigenvalue weighted by atomic mass is 33.1. The van der Waals surface area contributed by atoms with Gasteiger partial charge in [0.25, 0.3) is 72.5 Å². The zero-order chi connectivity index (χ0) is 72.6. The van der Waals surface area contributed by atoms with Gasteiger partial charge < -0.3 is 50.0 Å². The van der Waals surface area contributed by atoms with E-state index in [1.165, 1.54) is 43.2 Å². The van der Waals surface area contributed by atoms with Crippen LogP contribution in [0.5, 0.6) is 34.5 Å². The van der Waals surface area contributed by atoms with Crippen LogP contribution >= 0.6 is 43.2 Å². The van der Waals surface area contributed by atoms with E-state index in [0.717, 1.165) is 36.4 Å². The molecule has 0 saturated heterocycles. The number of carboxylic acids is 2. The van der Waals surface area contributed by atoms with Gasteiger partial charge in [-0.3, -0.25) is 36.9 Å². The molecule has 7 rings (SSSR count). The van der Waals surface area contributed by atoms with Crippen LogP contribution in [0.15, 0.2) is 102 Å². The number of nitrogens with one attached hydrogen (secondary N) is 2. The van der Waals surface area contributed by atoms with Gasteiger partial charge in [-0.2, -0.15) is 50.5 Å². The van der Waals surface area contributed by atoms with Crippen LogP contribution in [-0.4, -0.2) is 186 Å². The molecule has 0 fully saturated rings. The Labute approximate surface area is 575 Å². The van der Waals surface area contributed by atoms with Crippen LogP contribution < -0.4 is 29.6 Å². The predicted molar refractivity (Wildman–Crippen MR) is 353 cm³/mol. The van der Waals surface area contributed by atoms with Crippen LogP contribution in [0, 0.1) is 0 Å². The number of carbonyl (C=O) groups excluding carboxylic acids is 2. The number of fused-ring (bicyclic) bond motifs is 12. The summed E-state index contributed by atoms with van der Waals surface area (Å²) in [4.78, 5) is 42.5. The van der Waals surface area contributed by atoms with Crippen molar-refractivity contribution in [1.82, 2.24) is 10.6 Å². The summed E-state index contributed by atoms with van der Waals surface area (Å²) in [6, 6.07) is 8.53. The van der Waals surface area contributed by atoms with E-state index in [4.69, 9.17) is 18.9 Å². The Kier molecular flexibility index (Phi) is 25.6. The van der Waals surface area contributed by atoms with Crippen molar-refractivity contribution < 1.29 is 136 Å². The maximum Gasteiger partial charge on any atom is 0.341 e. The van der Waals surface area contributed by atoms with Crippen LogP contribution in [0.2, 0.25) is 0 Å². The van der Waals surface area contributed by atoms with Gasteiger partial charge in [-0.15, -0.1) is 0 Å². The van der Waals surface area contributed by atoms with E-state index >= 15 is 0 Å². The molecule has 0 spiro atoms. The van der Waals surface area contributed by atoms with Crippen molar-refractivity contribution in [3.63, 3.8) is 0 Å². The van der Waals surface area contributed by atoms with Crippen LogP contribution in [0.1, 0.15) is 66.8 Å². The Morgan fingerprint density at radius 1 is 0.347 bits per heavy atom. The summed E-state index contributed by atoms with van der Waals surface area (Å²) in [5.74, 6) is -8.60. The molecule has 2 amide bonds.